The Morgan fingerprint density at radius 3 is 3.00 bits per heavy atom. The smallest absolute Gasteiger partial charge is 0.143 e. The third-order valence-corrected chi connectivity index (χ3v) is 3.18. The summed E-state index contributed by atoms with van der Waals surface area (Å²) in [4.78, 5) is 0. The minimum Gasteiger partial charge on any atom is -0.505 e. The van der Waals surface area contributed by atoms with E-state index >= 15 is 0 Å². The zero-order chi connectivity index (χ0) is 9.42. The Balaban J connectivity index is 2.87. The molecule has 1 heterocycles. The number of nitrogens with two attached hydrogens (primary N) is 1. The van der Waals surface area contributed by atoms with Crippen molar-refractivity contribution in [1.29, 1.82) is 0 Å². The number of phenols is 1. The Hall–Kier alpha value is -1.22. The second-order valence-corrected chi connectivity index (χ2v) is 3.90. The third kappa shape index (κ3) is 1.16. The molecule has 1 aromatic carbocycles. The van der Waals surface area contributed by atoms with Gasteiger partial charge in [-0.15, -0.1) is 11.3 Å². The van der Waals surface area contributed by atoms with Gasteiger partial charge in [0, 0.05) is 10.3 Å². The average Bonchev–Trinajstić information content (AvgIpc) is 2.54. The van der Waals surface area contributed by atoms with E-state index in [0.717, 1.165) is 22.1 Å². The lowest BCUT2D eigenvalue weighted by atomic mass is 10.1. The van der Waals surface area contributed by atoms with Crippen LogP contribution in [0.25, 0.3) is 10.1 Å². The third-order valence-electron chi connectivity index (χ3n) is 2.19. The highest BCUT2D eigenvalue weighted by Crippen LogP contribution is 2.36. The number of phenolic OH excluding ortho intramolecular Hbond substituents is 1. The molecule has 2 nitrogen and oxygen atoms in total. The number of hydrogen-bond donors (Lipinski definition) is 2. The number of aromatic hydroxyl groups is 1. The van der Waals surface area contributed by atoms with Crippen LogP contribution in [0, 0.1) is 0 Å². The SMILES string of the molecule is CCc1c(O)c(N)cc2ccsc12. The van der Waals surface area contributed by atoms with E-state index in [2.05, 4.69) is 0 Å². The molecule has 0 bridgehead atoms. The van der Waals surface area contributed by atoms with E-state index in [1.807, 2.05) is 24.4 Å². The van der Waals surface area contributed by atoms with E-state index in [-0.39, 0.29) is 5.75 Å². The van der Waals surface area contributed by atoms with Crippen molar-refractivity contribution in [1.82, 2.24) is 0 Å². The molecule has 0 aliphatic heterocycles. The number of rotatable bonds is 1. The second kappa shape index (κ2) is 2.92. The first-order chi connectivity index (χ1) is 6.24. The quantitative estimate of drug-likeness (QED) is 0.540. The maximum atomic E-state index is 9.70. The molecule has 0 radical (unpaired) electrons. The predicted molar refractivity (Wildman–Crippen MR) is 57.3 cm³/mol. The molecule has 13 heavy (non-hydrogen) atoms. The van der Waals surface area contributed by atoms with Crippen molar-refractivity contribution in [3.8, 4) is 5.75 Å². The Labute approximate surface area is 80.6 Å². The Bertz CT molecular complexity index is 447. The molecule has 0 amide bonds. The molecule has 2 rings (SSSR count). The highest BCUT2D eigenvalue weighted by Gasteiger charge is 2.09. The Morgan fingerprint density at radius 1 is 1.54 bits per heavy atom. The topological polar surface area (TPSA) is 46.2 Å². The van der Waals surface area contributed by atoms with Crippen LogP contribution < -0.4 is 5.73 Å². The van der Waals surface area contributed by atoms with Crippen LogP contribution in [0.2, 0.25) is 0 Å². The van der Waals surface area contributed by atoms with Crippen molar-refractivity contribution in [3.05, 3.63) is 23.1 Å². The van der Waals surface area contributed by atoms with Crippen LogP contribution in [-0.2, 0) is 6.42 Å². The Morgan fingerprint density at radius 2 is 2.31 bits per heavy atom. The van der Waals surface area contributed by atoms with E-state index in [0.29, 0.717) is 5.69 Å². The zero-order valence-electron chi connectivity index (χ0n) is 7.37. The number of aryl methyl sites for hydroxylation is 1. The number of hydrogen-bond acceptors (Lipinski definition) is 3. The first-order valence-electron chi connectivity index (χ1n) is 4.21. The largest absolute Gasteiger partial charge is 0.505 e. The normalized spacial score (nSPS) is 10.8. The molecule has 0 saturated carbocycles. The van der Waals surface area contributed by atoms with E-state index in [9.17, 15) is 5.11 Å². The monoisotopic (exact) mass is 193 g/mol. The molecule has 2 aromatic rings. The van der Waals surface area contributed by atoms with E-state index in [4.69, 9.17) is 5.73 Å². The number of benzene rings is 1. The summed E-state index contributed by atoms with van der Waals surface area (Å²) in [6.07, 6.45) is 0.813. The lowest BCUT2D eigenvalue weighted by molar-refractivity contribution is 0.473. The summed E-state index contributed by atoms with van der Waals surface area (Å²) >= 11 is 1.65. The van der Waals surface area contributed by atoms with Crippen molar-refractivity contribution in [2.24, 2.45) is 0 Å². The number of anilines is 1. The number of nitrogen functional groups attached to an aromatic ring is 1. The van der Waals surface area contributed by atoms with Crippen LogP contribution in [0.5, 0.6) is 5.75 Å². The molecule has 68 valence electrons. The van der Waals surface area contributed by atoms with Gasteiger partial charge in [0.15, 0.2) is 0 Å². The van der Waals surface area contributed by atoms with E-state index in [1.54, 1.807) is 11.3 Å². The molecule has 0 aliphatic rings. The average molecular weight is 193 g/mol. The van der Waals surface area contributed by atoms with Gasteiger partial charge in [0.2, 0.25) is 0 Å². The summed E-state index contributed by atoms with van der Waals surface area (Å²) in [5.41, 5.74) is 7.11. The van der Waals surface area contributed by atoms with Gasteiger partial charge < -0.3 is 10.8 Å². The minimum absolute atomic E-state index is 0.248. The summed E-state index contributed by atoms with van der Waals surface area (Å²) in [7, 11) is 0. The van der Waals surface area contributed by atoms with Gasteiger partial charge in [-0.3, -0.25) is 0 Å². The standard InChI is InChI=1S/C10H11NOS/c1-2-7-9(12)8(11)5-6-3-4-13-10(6)7/h3-5,12H,2,11H2,1H3. The van der Waals surface area contributed by atoms with Gasteiger partial charge in [-0.25, -0.2) is 0 Å². The first-order valence-corrected chi connectivity index (χ1v) is 5.09. The van der Waals surface area contributed by atoms with Crippen molar-refractivity contribution < 1.29 is 5.11 Å². The fraction of sp³-hybridized carbons (Fsp3) is 0.200. The van der Waals surface area contributed by atoms with Crippen LogP contribution >= 0.6 is 11.3 Å². The summed E-state index contributed by atoms with van der Waals surface area (Å²) in [5.74, 6) is 0.248. The summed E-state index contributed by atoms with van der Waals surface area (Å²) in [6.45, 7) is 2.02. The van der Waals surface area contributed by atoms with Crippen LogP contribution in [0.15, 0.2) is 17.5 Å². The molecule has 0 unspecified atom stereocenters. The van der Waals surface area contributed by atoms with Crippen LogP contribution in [-0.4, -0.2) is 5.11 Å². The second-order valence-electron chi connectivity index (χ2n) is 2.99. The first kappa shape index (κ1) is 8.38. The van der Waals surface area contributed by atoms with Crippen LogP contribution in [0.3, 0.4) is 0 Å². The zero-order valence-corrected chi connectivity index (χ0v) is 8.19. The molecular formula is C10H11NOS. The molecule has 0 saturated heterocycles. The van der Waals surface area contributed by atoms with E-state index in [1.165, 1.54) is 0 Å². The van der Waals surface area contributed by atoms with Crippen LogP contribution in [0.4, 0.5) is 5.69 Å². The number of fused-ring (bicyclic) bond motifs is 1. The molecule has 0 atom stereocenters. The van der Waals surface area contributed by atoms with E-state index < -0.39 is 0 Å². The number of thiophene rings is 1. The molecule has 0 fully saturated rings. The summed E-state index contributed by atoms with van der Waals surface area (Å²) in [6, 6.07) is 3.84. The highest BCUT2D eigenvalue weighted by atomic mass is 32.1. The summed E-state index contributed by atoms with van der Waals surface area (Å²) < 4.78 is 1.15. The van der Waals surface area contributed by atoms with Gasteiger partial charge in [-0.05, 0) is 29.3 Å². The maximum absolute atomic E-state index is 9.70. The van der Waals surface area contributed by atoms with Crippen molar-refractivity contribution in [3.63, 3.8) is 0 Å². The van der Waals surface area contributed by atoms with Gasteiger partial charge in [0.1, 0.15) is 5.75 Å². The van der Waals surface area contributed by atoms with Crippen molar-refractivity contribution in [2.75, 3.05) is 5.73 Å². The van der Waals surface area contributed by atoms with Crippen molar-refractivity contribution in [2.45, 2.75) is 13.3 Å². The molecule has 0 aliphatic carbocycles. The van der Waals surface area contributed by atoms with Crippen molar-refractivity contribution >= 4 is 27.1 Å². The van der Waals surface area contributed by atoms with Gasteiger partial charge >= 0.3 is 0 Å². The van der Waals surface area contributed by atoms with Gasteiger partial charge in [0.05, 0.1) is 5.69 Å². The Kier molecular flexibility index (Phi) is 1.88. The maximum Gasteiger partial charge on any atom is 0.143 e. The molecule has 3 heteroatoms. The van der Waals surface area contributed by atoms with Gasteiger partial charge in [-0.1, -0.05) is 6.92 Å². The lowest BCUT2D eigenvalue weighted by Gasteiger charge is -2.05. The summed E-state index contributed by atoms with van der Waals surface area (Å²) in [5, 5.41) is 12.8. The van der Waals surface area contributed by atoms with Gasteiger partial charge in [0.25, 0.3) is 0 Å². The molecule has 1 aromatic heterocycles. The minimum atomic E-state index is 0.248. The molecular weight excluding hydrogens is 182 g/mol. The lowest BCUT2D eigenvalue weighted by Crippen LogP contribution is -1.90. The predicted octanol–water partition coefficient (Wildman–Crippen LogP) is 2.75. The molecule has 3 N–H and O–H groups in total. The van der Waals surface area contributed by atoms with Gasteiger partial charge in [-0.2, -0.15) is 0 Å². The highest BCUT2D eigenvalue weighted by molar-refractivity contribution is 7.17. The fourth-order valence-corrected chi connectivity index (χ4v) is 2.52. The molecule has 0 spiro atoms. The fourth-order valence-electron chi connectivity index (χ4n) is 1.52. The van der Waals surface area contributed by atoms with Crippen LogP contribution in [0.1, 0.15) is 12.5 Å².